The molecule has 0 aliphatic carbocycles. The Bertz CT molecular complexity index is 795. The van der Waals surface area contributed by atoms with Gasteiger partial charge >= 0.3 is 0 Å². The Labute approximate surface area is 148 Å². The predicted molar refractivity (Wildman–Crippen MR) is 97.4 cm³/mol. The Morgan fingerprint density at radius 3 is 2.48 bits per heavy atom. The summed E-state index contributed by atoms with van der Waals surface area (Å²) in [5.74, 6) is -0.558. The van der Waals surface area contributed by atoms with Gasteiger partial charge in [-0.3, -0.25) is 9.59 Å². The van der Waals surface area contributed by atoms with Crippen LogP contribution >= 0.6 is 0 Å². The maximum Gasteiger partial charge on any atom is 0.255 e. The van der Waals surface area contributed by atoms with Crippen LogP contribution in [-0.4, -0.2) is 34.4 Å². The maximum absolute atomic E-state index is 12.9. The number of hydrogen-bond acceptors (Lipinski definition) is 2. The number of amides is 2. The molecule has 2 aromatic rings. The zero-order chi connectivity index (χ0) is 18.1. The minimum Gasteiger partial charge on any atom is -0.369 e. The molecule has 1 aliphatic rings. The molecule has 0 radical (unpaired) electrons. The number of aromatic nitrogens is 1. The molecule has 2 atom stereocenters. The van der Waals surface area contributed by atoms with Crippen molar-refractivity contribution in [1.29, 1.82) is 0 Å². The summed E-state index contributed by atoms with van der Waals surface area (Å²) in [6, 6.07) is 12.4. The summed E-state index contributed by atoms with van der Waals surface area (Å²) in [7, 11) is 0. The van der Waals surface area contributed by atoms with Crippen molar-refractivity contribution in [3.63, 3.8) is 0 Å². The second-order valence-corrected chi connectivity index (χ2v) is 6.88. The van der Waals surface area contributed by atoms with Crippen LogP contribution in [0.1, 0.15) is 46.7 Å². The van der Waals surface area contributed by atoms with Gasteiger partial charge in [-0.05, 0) is 38.8 Å². The van der Waals surface area contributed by atoms with Gasteiger partial charge in [-0.1, -0.05) is 30.3 Å². The van der Waals surface area contributed by atoms with Crippen LogP contribution in [0.15, 0.2) is 36.4 Å². The third-order valence-electron chi connectivity index (χ3n) is 5.26. The molecule has 0 unspecified atom stereocenters. The molecular formula is C20H25N3O2. The molecule has 2 N–H and O–H groups in total. The summed E-state index contributed by atoms with van der Waals surface area (Å²) in [6.45, 7) is 7.17. The van der Waals surface area contributed by atoms with Crippen LogP contribution in [-0.2, 0) is 4.79 Å². The second-order valence-electron chi connectivity index (χ2n) is 6.88. The number of primary amides is 1. The van der Waals surface area contributed by atoms with E-state index in [2.05, 4.69) is 23.6 Å². The second kappa shape index (κ2) is 6.75. The summed E-state index contributed by atoms with van der Waals surface area (Å²) in [6.07, 6.45) is 0.653. The lowest BCUT2D eigenvalue weighted by atomic mass is 10.1. The van der Waals surface area contributed by atoms with Gasteiger partial charge in [-0.15, -0.1) is 0 Å². The largest absolute Gasteiger partial charge is 0.369 e. The van der Waals surface area contributed by atoms with E-state index in [1.807, 2.05) is 38.1 Å². The van der Waals surface area contributed by atoms with Crippen molar-refractivity contribution in [1.82, 2.24) is 9.47 Å². The summed E-state index contributed by atoms with van der Waals surface area (Å²) < 4.78 is 2.20. The average Bonchev–Trinajstić information content (AvgIpc) is 3.20. The Morgan fingerprint density at radius 2 is 1.88 bits per heavy atom. The van der Waals surface area contributed by atoms with E-state index in [1.165, 1.54) is 5.56 Å². The number of carbonyl (C=O) groups excluding carboxylic acids is 2. The zero-order valence-corrected chi connectivity index (χ0v) is 15.0. The van der Waals surface area contributed by atoms with Gasteiger partial charge in [0.05, 0.1) is 17.5 Å². The average molecular weight is 339 g/mol. The SMILES string of the molecule is Cc1cc(C(=O)N2CC[C@@H](C(N)=O)C2)c(C)n1[C@H](C)c1ccccc1. The highest BCUT2D eigenvalue weighted by molar-refractivity contribution is 5.96. The first-order chi connectivity index (χ1) is 11.9. The van der Waals surface area contributed by atoms with Gasteiger partial charge < -0.3 is 15.2 Å². The van der Waals surface area contributed by atoms with Crippen LogP contribution in [0, 0.1) is 19.8 Å². The van der Waals surface area contributed by atoms with Crippen molar-refractivity contribution < 1.29 is 9.59 Å². The highest BCUT2D eigenvalue weighted by Gasteiger charge is 2.32. The van der Waals surface area contributed by atoms with Gasteiger partial charge in [0.1, 0.15) is 0 Å². The maximum atomic E-state index is 12.9. The third-order valence-corrected chi connectivity index (χ3v) is 5.26. The lowest BCUT2D eigenvalue weighted by Crippen LogP contribution is -2.32. The Balaban J connectivity index is 1.87. The minimum atomic E-state index is -0.321. The van der Waals surface area contributed by atoms with E-state index in [1.54, 1.807) is 4.90 Å². The molecule has 1 saturated heterocycles. The molecule has 5 heteroatoms. The van der Waals surface area contributed by atoms with Crippen LogP contribution in [0.3, 0.4) is 0 Å². The van der Waals surface area contributed by atoms with Gasteiger partial charge in [0.15, 0.2) is 0 Å². The number of aryl methyl sites for hydroxylation is 1. The highest BCUT2D eigenvalue weighted by atomic mass is 16.2. The Kier molecular flexibility index (Phi) is 4.66. The van der Waals surface area contributed by atoms with E-state index < -0.39 is 0 Å². The van der Waals surface area contributed by atoms with Crippen LogP contribution in [0.4, 0.5) is 0 Å². The number of benzene rings is 1. The molecule has 1 aliphatic heterocycles. The standard InChI is InChI=1S/C20H25N3O2/c1-13-11-18(20(25)22-10-9-17(12-22)19(21)24)15(3)23(13)14(2)16-7-5-4-6-8-16/h4-8,11,14,17H,9-10,12H2,1-3H3,(H2,21,24)/t14-,17-/m1/s1. The molecule has 5 nitrogen and oxygen atoms in total. The normalized spacial score (nSPS) is 18.4. The molecule has 1 fully saturated rings. The quantitative estimate of drug-likeness (QED) is 0.930. The van der Waals surface area contributed by atoms with Gasteiger partial charge in [0.2, 0.25) is 5.91 Å². The van der Waals surface area contributed by atoms with Crippen molar-refractivity contribution in [3.05, 3.63) is 58.9 Å². The first kappa shape index (κ1) is 17.3. The molecule has 3 rings (SSSR count). The third kappa shape index (κ3) is 3.18. The molecule has 2 heterocycles. The smallest absolute Gasteiger partial charge is 0.255 e. The van der Waals surface area contributed by atoms with E-state index >= 15 is 0 Å². The molecule has 0 bridgehead atoms. The molecule has 25 heavy (non-hydrogen) atoms. The van der Waals surface area contributed by atoms with Gasteiger partial charge in [0.25, 0.3) is 5.91 Å². The molecule has 2 amide bonds. The number of nitrogens with zero attached hydrogens (tertiary/aromatic N) is 2. The monoisotopic (exact) mass is 339 g/mol. The van der Waals surface area contributed by atoms with Crippen molar-refractivity contribution >= 4 is 11.8 Å². The van der Waals surface area contributed by atoms with E-state index in [-0.39, 0.29) is 23.8 Å². The summed E-state index contributed by atoms with van der Waals surface area (Å²) in [4.78, 5) is 26.0. The number of carbonyl (C=O) groups is 2. The first-order valence-corrected chi connectivity index (χ1v) is 8.72. The fourth-order valence-corrected chi connectivity index (χ4v) is 3.82. The molecule has 0 spiro atoms. The highest BCUT2D eigenvalue weighted by Crippen LogP contribution is 2.27. The Morgan fingerprint density at radius 1 is 1.20 bits per heavy atom. The predicted octanol–water partition coefficient (Wildman–Crippen LogP) is 2.66. The molecule has 132 valence electrons. The molecule has 0 saturated carbocycles. The molecular weight excluding hydrogens is 314 g/mol. The van der Waals surface area contributed by atoms with Crippen molar-refractivity contribution in [3.8, 4) is 0 Å². The van der Waals surface area contributed by atoms with Crippen LogP contribution in [0.5, 0.6) is 0 Å². The van der Waals surface area contributed by atoms with Gasteiger partial charge in [-0.2, -0.15) is 0 Å². The topological polar surface area (TPSA) is 68.3 Å². The van der Waals surface area contributed by atoms with Crippen LogP contribution in [0.25, 0.3) is 0 Å². The van der Waals surface area contributed by atoms with Gasteiger partial charge in [-0.25, -0.2) is 0 Å². The summed E-state index contributed by atoms with van der Waals surface area (Å²) >= 11 is 0. The van der Waals surface area contributed by atoms with E-state index in [9.17, 15) is 9.59 Å². The van der Waals surface area contributed by atoms with Crippen LogP contribution in [0.2, 0.25) is 0 Å². The van der Waals surface area contributed by atoms with E-state index in [0.717, 1.165) is 11.4 Å². The van der Waals surface area contributed by atoms with Crippen molar-refractivity contribution in [2.45, 2.75) is 33.2 Å². The number of hydrogen-bond donors (Lipinski definition) is 1. The fraction of sp³-hybridized carbons (Fsp3) is 0.400. The number of nitrogens with two attached hydrogens (primary N) is 1. The zero-order valence-electron chi connectivity index (χ0n) is 15.0. The lowest BCUT2D eigenvalue weighted by Gasteiger charge is -2.20. The van der Waals surface area contributed by atoms with Crippen molar-refractivity contribution in [2.75, 3.05) is 13.1 Å². The molecule has 1 aromatic heterocycles. The lowest BCUT2D eigenvalue weighted by molar-refractivity contribution is -0.121. The molecule has 1 aromatic carbocycles. The number of rotatable bonds is 4. The first-order valence-electron chi connectivity index (χ1n) is 8.72. The van der Waals surface area contributed by atoms with Crippen LogP contribution < -0.4 is 5.73 Å². The van der Waals surface area contributed by atoms with Crippen molar-refractivity contribution in [2.24, 2.45) is 11.7 Å². The van der Waals surface area contributed by atoms with E-state index in [4.69, 9.17) is 5.73 Å². The summed E-state index contributed by atoms with van der Waals surface area (Å²) in [5.41, 5.74) is 9.32. The van der Waals surface area contributed by atoms with E-state index in [0.29, 0.717) is 25.1 Å². The fourth-order valence-electron chi connectivity index (χ4n) is 3.82. The minimum absolute atomic E-state index is 0.0108. The Hall–Kier alpha value is -2.56. The summed E-state index contributed by atoms with van der Waals surface area (Å²) in [5, 5.41) is 0. The van der Waals surface area contributed by atoms with Gasteiger partial charge in [0, 0.05) is 24.5 Å². The number of likely N-dealkylation sites (tertiary alicyclic amines) is 1.